The fraction of sp³-hybridized carbons (Fsp3) is 0.308. The Morgan fingerprint density at radius 3 is 2.78 bits per heavy atom. The van der Waals surface area contributed by atoms with Crippen molar-refractivity contribution < 1.29 is 4.74 Å². The molecule has 2 aromatic rings. The molecule has 96 valence electrons. The molecule has 0 aliphatic heterocycles. The first-order valence-corrected chi connectivity index (χ1v) is 6.48. The van der Waals surface area contributed by atoms with Crippen LogP contribution in [0.3, 0.4) is 0 Å². The largest absolute Gasteiger partial charge is 0.496 e. The maximum Gasteiger partial charge on any atom is 0.133 e. The molecule has 5 heteroatoms. The monoisotopic (exact) mass is 309 g/mol. The van der Waals surface area contributed by atoms with E-state index < -0.39 is 0 Å². The van der Waals surface area contributed by atoms with Gasteiger partial charge in [0.25, 0.3) is 0 Å². The van der Waals surface area contributed by atoms with Gasteiger partial charge in [0, 0.05) is 17.8 Å². The lowest BCUT2D eigenvalue weighted by atomic mass is 10.2. The van der Waals surface area contributed by atoms with Crippen molar-refractivity contribution in [1.29, 1.82) is 0 Å². The summed E-state index contributed by atoms with van der Waals surface area (Å²) in [6.07, 6.45) is 1.83. The zero-order chi connectivity index (χ0) is 13.1. The Bertz CT molecular complexity index is 551. The van der Waals surface area contributed by atoms with E-state index in [4.69, 9.17) is 10.5 Å². The van der Waals surface area contributed by atoms with Crippen molar-refractivity contribution in [3.8, 4) is 5.75 Å². The molecule has 2 N–H and O–H groups in total. The van der Waals surface area contributed by atoms with E-state index in [0.29, 0.717) is 6.54 Å². The van der Waals surface area contributed by atoms with Gasteiger partial charge in [0.15, 0.2) is 0 Å². The lowest BCUT2D eigenvalue weighted by Crippen LogP contribution is -2.05. The Kier molecular flexibility index (Phi) is 4.04. The van der Waals surface area contributed by atoms with Gasteiger partial charge in [-0.2, -0.15) is 5.10 Å². The second kappa shape index (κ2) is 5.54. The Labute approximate surface area is 115 Å². The number of methoxy groups -OCH3 is 1. The van der Waals surface area contributed by atoms with E-state index >= 15 is 0 Å². The number of nitrogens with two attached hydrogens (primary N) is 1. The van der Waals surface area contributed by atoms with Crippen LogP contribution in [-0.4, -0.2) is 16.9 Å². The molecule has 4 nitrogen and oxygen atoms in total. The smallest absolute Gasteiger partial charge is 0.133 e. The van der Waals surface area contributed by atoms with E-state index in [0.717, 1.165) is 33.6 Å². The van der Waals surface area contributed by atoms with Gasteiger partial charge in [-0.05, 0) is 40.5 Å². The molecular weight excluding hydrogens is 294 g/mol. The van der Waals surface area contributed by atoms with Gasteiger partial charge in [-0.25, -0.2) is 0 Å². The molecule has 0 aliphatic carbocycles. The van der Waals surface area contributed by atoms with E-state index in [1.54, 1.807) is 7.11 Å². The second-order valence-electron chi connectivity index (χ2n) is 4.09. The summed E-state index contributed by atoms with van der Waals surface area (Å²) < 4.78 is 8.11. The van der Waals surface area contributed by atoms with Crippen LogP contribution in [0.15, 0.2) is 28.9 Å². The summed E-state index contributed by atoms with van der Waals surface area (Å²) in [5.41, 5.74) is 9.01. The lowest BCUT2D eigenvalue weighted by Gasteiger charge is -2.08. The van der Waals surface area contributed by atoms with Gasteiger partial charge in [-0.15, -0.1) is 0 Å². The van der Waals surface area contributed by atoms with Crippen molar-refractivity contribution in [1.82, 2.24) is 9.78 Å². The number of hydrogen-bond donors (Lipinski definition) is 1. The molecule has 0 radical (unpaired) electrons. The molecular formula is C13H16BrN3O. The van der Waals surface area contributed by atoms with Gasteiger partial charge in [0.1, 0.15) is 5.75 Å². The Balaban J connectivity index is 2.23. The van der Waals surface area contributed by atoms with Crippen LogP contribution in [0.2, 0.25) is 0 Å². The topological polar surface area (TPSA) is 53.1 Å². The van der Waals surface area contributed by atoms with Crippen LogP contribution >= 0.6 is 15.9 Å². The predicted molar refractivity (Wildman–Crippen MR) is 74.7 cm³/mol. The van der Waals surface area contributed by atoms with Gasteiger partial charge in [-0.3, -0.25) is 4.68 Å². The van der Waals surface area contributed by atoms with Gasteiger partial charge in [-0.1, -0.05) is 6.07 Å². The number of nitrogens with zero attached hydrogens (tertiary/aromatic N) is 2. The third-order valence-corrected chi connectivity index (χ3v) is 3.59. The Morgan fingerprint density at radius 2 is 2.22 bits per heavy atom. The first kappa shape index (κ1) is 13.1. The van der Waals surface area contributed by atoms with Crippen molar-refractivity contribution in [3.63, 3.8) is 0 Å². The molecule has 1 aromatic carbocycles. The maximum absolute atomic E-state index is 5.64. The SMILES string of the molecule is COc1ccc(Cn2ncc(CN)c2C)cc1Br. The average Bonchev–Trinajstić information content (AvgIpc) is 2.71. The van der Waals surface area contributed by atoms with E-state index in [1.165, 1.54) is 0 Å². The van der Waals surface area contributed by atoms with Crippen LogP contribution in [0.1, 0.15) is 16.8 Å². The first-order chi connectivity index (χ1) is 8.65. The highest BCUT2D eigenvalue weighted by Gasteiger charge is 2.07. The summed E-state index contributed by atoms with van der Waals surface area (Å²) >= 11 is 3.48. The minimum atomic E-state index is 0.526. The average molecular weight is 310 g/mol. The normalized spacial score (nSPS) is 10.7. The zero-order valence-electron chi connectivity index (χ0n) is 10.5. The highest BCUT2D eigenvalue weighted by atomic mass is 79.9. The van der Waals surface area contributed by atoms with Crippen LogP contribution in [0.4, 0.5) is 0 Å². The van der Waals surface area contributed by atoms with Gasteiger partial charge in [0.2, 0.25) is 0 Å². The molecule has 0 amide bonds. The number of hydrogen-bond acceptors (Lipinski definition) is 3. The second-order valence-corrected chi connectivity index (χ2v) is 4.94. The van der Waals surface area contributed by atoms with Crippen LogP contribution in [0.25, 0.3) is 0 Å². The summed E-state index contributed by atoms with van der Waals surface area (Å²) in [5, 5.41) is 4.34. The zero-order valence-corrected chi connectivity index (χ0v) is 12.1. The third-order valence-electron chi connectivity index (χ3n) is 2.97. The van der Waals surface area contributed by atoms with E-state index in [1.807, 2.05) is 36.0 Å². The van der Waals surface area contributed by atoms with E-state index in [9.17, 15) is 0 Å². The summed E-state index contributed by atoms with van der Waals surface area (Å²) in [6, 6.07) is 6.02. The minimum Gasteiger partial charge on any atom is -0.496 e. The highest BCUT2D eigenvalue weighted by molar-refractivity contribution is 9.10. The molecule has 0 unspecified atom stereocenters. The van der Waals surface area contributed by atoms with Gasteiger partial charge >= 0.3 is 0 Å². The van der Waals surface area contributed by atoms with Crippen LogP contribution < -0.4 is 10.5 Å². The number of rotatable bonds is 4. The maximum atomic E-state index is 5.64. The summed E-state index contributed by atoms with van der Waals surface area (Å²) in [7, 11) is 1.66. The number of aromatic nitrogens is 2. The molecule has 0 bridgehead atoms. The Hall–Kier alpha value is -1.33. The standard InChI is InChI=1S/C13H16BrN3O/c1-9-11(6-15)7-16-17(9)8-10-3-4-13(18-2)12(14)5-10/h3-5,7H,6,8,15H2,1-2H3. The van der Waals surface area contributed by atoms with Crippen molar-refractivity contribution in [2.24, 2.45) is 5.73 Å². The van der Waals surface area contributed by atoms with Crippen LogP contribution in [0.5, 0.6) is 5.75 Å². The molecule has 0 aliphatic rings. The third kappa shape index (κ3) is 2.57. The number of benzene rings is 1. The molecule has 18 heavy (non-hydrogen) atoms. The number of halogens is 1. The quantitative estimate of drug-likeness (QED) is 0.944. The fourth-order valence-electron chi connectivity index (χ4n) is 1.83. The fourth-order valence-corrected chi connectivity index (χ4v) is 2.41. The van der Waals surface area contributed by atoms with Gasteiger partial charge < -0.3 is 10.5 Å². The number of ether oxygens (including phenoxy) is 1. The molecule has 2 rings (SSSR count). The Morgan fingerprint density at radius 1 is 1.44 bits per heavy atom. The van der Waals surface area contributed by atoms with Crippen LogP contribution in [-0.2, 0) is 13.1 Å². The van der Waals surface area contributed by atoms with Gasteiger partial charge in [0.05, 0.1) is 24.3 Å². The summed E-state index contributed by atoms with van der Waals surface area (Å²) in [6.45, 7) is 3.29. The lowest BCUT2D eigenvalue weighted by molar-refractivity contribution is 0.412. The molecule has 0 saturated heterocycles. The predicted octanol–water partition coefficient (Wildman–Crippen LogP) is 2.47. The van der Waals surface area contributed by atoms with E-state index in [2.05, 4.69) is 21.0 Å². The molecule has 0 spiro atoms. The van der Waals surface area contributed by atoms with E-state index in [-0.39, 0.29) is 0 Å². The summed E-state index contributed by atoms with van der Waals surface area (Å²) in [4.78, 5) is 0. The van der Waals surface area contributed by atoms with Crippen molar-refractivity contribution in [2.75, 3.05) is 7.11 Å². The molecule has 0 fully saturated rings. The molecule has 0 saturated carbocycles. The van der Waals surface area contributed by atoms with Crippen molar-refractivity contribution >= 4 is 15.9 Å². The van der Waals surface area contributed by atoms with Crippen molar-refractivity contribution in [2.45, 2.75) is 20.0 Å². The van der Waals surface area contributed by atoms with Crippen LogP contribution in [0, 0.1) is 6.92 Å². The highest BCUT2D eigenvalue weighted by Crippen LogP contribution is 2.26. The molecule has 1 heterocycles. The molecule has 1 aromatic heterocycles. The first-order valence-electron chi connectivity index (χ1n) is 5.69. The minimum absolute atomic E-state index is 0.526. The summed E-state index contributed by atoms with van der Waals surface area (Å²) in [5.74, 6) is 0.832. The molecule has 0 atom stereocenters. The van der Waals surface area contributed by atoms with Crippen molar-refractivity contribution in [3.05, 3.63) is 45.7 Å².